The summed E-state index contributed by atoms with van der Waals surface area (Å²) in [7, 11) is 0. The Hall–Kier alpha value is -2.08. The second-order valence-corrected chi connectivity index (χ2v) is 5.48. The number of nitrogens with one attached hydrogen (secondary N) is 2. The Labute approximate surface area is 120 Å². The van der Waals surface area contributed by atoms with Crippen LogP contribution in [-0.2, 0) is 6.42 Å². The van der Waals surface area contributed by atoms with Crippen molar-refractivity contribution in [3.63, 3.8) is 0 Å². The summed E-state index contributed by atoms with van der Waals surface area (Å²) < 4.78 is 4.12. The van der Waals surface area contributed by atoms with E-state index < -0.39 is 0 Å². The number of nitrogens with zero attached hydrogens (tertiary/aromatic N) is 1. The third-order valence-corrected chi connectivity index (χ3v) is 4.27. The molecule has 0 bridgehead atoms. The maximum absolute atomic E-state index is 12.0. The molecule has 1 aromatic heterocycles. The summed E-state index contributed by atoms with van der Waals surface area (Å²) in [5.74, 6) is 0.310. The number of aryl methyl sites for hydroxylation is 1. The topological polar surface area (TPSA) is 74.2 Å². The highest BCUT2D eigenvalue weighted by molar-refractivity contribution is 7.04. The number of aromatic hydroxyl groups is 1. The molecule has 1 atom stereocenters. The molecule has 20 heavy (non-hydrogen) atoms. The molecule has 0 spiro atoms. The van der Waals surface area contributed by atoms with Gasteiger partial charge < -0.3 is 15.7 Å². The van der Waals surface area contributed by atoms with Crippen molar-refractivity contribution in [3.8, 4) is 5.75 Å². The summed E-state index contributed by atoms with van der Waals surface area (Å²) in [6.07, 6.45) is 1.59. The minimum atomic E-state index is -0.241. The Kier molecular flexibility index (Phi) is 3.31. The lowest BCUT2D eigenvalue weighted by molar-refractivity contribution is 0.248. The van der Waals surface area contributed by atoms with E-state index in [9.17, 15) is 9.90 Å². The zero-order valence-corrected chi connectivity index (χ0v) is 11.8. The molecule has 5 nitrogen and oxygen atoms in total. The lowest BCUT2D eigenvalue weighted by Gasteiger charge is -2.14. The van der Waals surface area contributed by atoms with Crippen molar-refractivity contribution in [2.24, 2.45) is 0 Å². The highest BCUT2D eigenvalue weighted by atomic mass is 32.1. The monoisotopic (exact) mass is 289 g/mol. The maximum atomic E-state index is 12.0. The van der Waals surface area contributed by atoms with Gasteiger partial charge in [-0.15, -0.1) is 0 Å². The fourth-order valence-corrected chi connectivity index (χ4v) is 3.16. The molecule has 0 saturated carbocycles. The van der Waals surface area contributed by atoms with Gasteiger partial charge in [0.05, 0.1) is 17.4 Å². The molecule has 0 saturated heterocycles. The summed E-state index contributed by atoms with van der Waals surface area (Å²) in [6, 6.07) is 5.14. The molecule has 104 valence electrons. The number of aromatic nitrogens is 1. The quantitative estimate of drug-likeness (QED) is 0.795. The van der Waals surface area contributed by atoms with E-state index in [1.54, 1.807) is 12.1 Å². The number of fused-ring (bicyclic) bond motifs is 1. The minimum absolute atomic E-state index is 0.0519. The smallest absolute Gasteiger partial charge is 0.319 e. The van der Waals surface area contributed by atoms with Gasteiger partial charge >= 0.3 is 6.03 Å². The highest BCUT2D eigenvalue weighted by Crippen LogP contribution is 2.36. The lowest BCUT2D eigenvalue weighted by atomic mass is 10.1. The largest absolute Gasteiger partial charge is 0.508 e. The average Bonchev–Trinajstić information content (AvgIpc) is 2.99. The number of hydrogen-bond donors (Lipinski definition) is 3. The maximum Gasteiger partial charge on any atom is 0.319 e. The fourth-order valence-electron chi connectivity index (χ4n) is 2.51. The third kappa shape index (κ3) is 2.34. The molecule has 3 rings (SSSR count). The minimum Gasteiger partial charge on any atom is -0.508 e. The predicted octanol–water partition coefficient (Wildman–Crippen LogP) is 2.97. The van der Waals surface area contributed by atoms with Crippen LogP contribution in [0.25, 0.3) is 0 Å². The van der Waals surface area contributed by atoms with Crippen LogP contribution in [0.5, 0.6) is 5.75 Å². The summed E-state index contributed by atoms with van der Waals surface area (Å²) in [5, 5.41) is 17.3. The lowest BCUT2D eigenvalue weighted by Crippen LogP contribution is -2.31. The SMILES string of the molecule is Cc1nscc1NC(=O)NC1CCc2c(O)cccc21. The van der Waals surface area contributed by atoms with Crippen molar-refractivity contribution >= 4 is 23.3 Å². The van der Waals surface area contributed by atoms with Gasteiger partial charge in [-0.1, -0.05) is 12.1 Å². The van der Waals surface area contributed by atoms with E-state index in [0.29, 0.717) is 5.75 Å². The molecule has 3 N–H and O–H groups in total. The van der Waals surface area contributed by atoms with E-state index in [4.69, 9.17) is 0 Å². The summed E-state index contributed by atoms with van der Waals surface area (Å²) in [5.41, 5.74) is 3.49. The van der Waals surface area contributed by atoms with E-state index in [0.717, 1.165) is 35.3 Å². The molecule has 1 aliphatic carbocycles. The summed E-state index contributed by atoms with van der Waals surface area (Å²) >= 11 is 1.32. The molecule has 0 radical (unpaired) electrons. The number of phenols is 1. The van der Waals surface area contributed by atoms with Crippen molar-refractivity contribution in [3.05, 3.63) is 40.4 Å². The highest BCUT2D eigenvalue weighted by Gasteiger charge is 2.26. The standard InChI is InChI=1S/C14H15N3O2S/c1-8-12(7-20-17-8)16-14(19)15-11-6-5-10-9(11)3-2-4-13(10)18/h2-4,7,11,18H,5-6H2,1H3,(H2,15,16,19). The van der Waals surface area contributed by atoms with E-state index in [-0.39, 0.29) is 12.1 Å². The Balaban J connectivity index is 1.70. The van der Waals surface area contributed by atoms with E-state index in [1.807, 2.05) is 18.4 Å². The first-order valence-electron chi connectivity index (χ1n) is 6.44. The Morgan fingerprint density at radius 2 is 2.35 bits per heavy atom. The first-order chi connectivity index (χ1) is 9.65. The number of carbonyl (C=O) groups is 1. The van der Waals surface area contributed by atoms with Crippen LogP contribution in [0.15, 0.2) is 23.6 Å². The number of rotatable bonds is 2. The van der Waals surface area contributed by atoms with Gasteiger partial charge in [-0.25, -0.2) is 4.79 Å². The first kappa shape index (κ1) is 12.9. The summed E-state index contributed by atoms with van der Waals surface area (Å²) in [6.45, 7) is 1.86. The van der Waals surface area contributed by atoms with Gasteiger partial charge in [-0.05, 0) is 48.5 Å². The molecular formula is C14H15N3O2S. The average molecular weight is 289 g/mol. The number of phenolic OH excluding ortho intramolecular Hbond substituents is 1. The predicted molar refractivity (Wildman–Crippen MR) is 78.2 cm³/mol. The number of carbonyl (C=O) groups excluding carboxylic acids is 1. The van der Waals surface area contributed by atoms with Crippen LogP contribution in [-0.4, -0.2) is 15.5 Å². The number of amides is 2. The second-order valence-electron chi connectivity index (χ2n) is 4.85. The van der Waals surface area contributed by atoms with Crippen LogP contribution in [0.4, 0.5) is 10.5 Å². The van der Waals surface area contributed by atoms with Crippen molar-refractivity contribution in [1.82, 2.24) is 9.69 Å². The molecule has 1 unspecified atom stereocenters. The molecule has 0 aliphatic heterocycles. The number of urea groups is 1. The third-order valence-electron chi connectivity index (χ3n) is 3.55. The van der Waals surface area contributed by atoms with Gasteiger partial charge in [-0.3, -0.25) is 0 Å². The van der Waals surface area contributed by atoms with Crippen molar-refractivity contribution < 1.29 is 9.90 Å². The van der Waals surface area contributed by atoms with Gasteiger partial charge in [0.15, 0.2) is 0 Å². The number of hydrogen-bond acceptors (Lipinski definition) is 4. The van der Waals surface area contributed by atoms with E-state index in [1.165, 1.54) is 11.5 Å². The van der Waals surface area contributed by atoms with Gasteiger partial charge in [0.2, 0.25) is 0 Å². The second kappa shape index (κ2) is 5.13. The van der Waals surface area contributed by atoms with Crippen LogP contribution in [0, 0.1) is 6.92 Å². The van der Waals surface area contributed by atoms with Crippen molar-refractivity contribution in [2.75, 3.05) is 5.32 Å². The Morgan fingerprint density at radius 3 is 3.10 bits per heavy atom. The first-order valence-corrected chi connectivity index (χ1v) is 7.28. The van der Waals surface area contributed by atoms with Gasteiger partial charge in [-0.2, -0.15) is 4.37 Å². The van der Waals surface area contributed by atoms with E-state index >= 15 is 0 Å². The molecule has 6 heteroatoms. The molecule has 0 fully saturated rings. The van der Waals surface area contributed by atoms with Crippen LogP contribution in [0.2, 0.25) is 0 Å². The number of benzene rings is 1. The normalized spacial score (nSPS) is 16.8. The number of anilines is 1. The van der Waals surface area contributed by atoms with Gasteiger partial charge in [0, 0.05) is 5.38 Å². The molecule has 1 aliphatic rings. The Bertz CT molecular complexity index is 654. The zero-order valence-electron chi connectivity index (χ0n) is 11.0. The van der Waals surface area contributed by atoms with Crippen LogP contribution < -0.4 is 10.6 Å². The van der Waals surface area contributed by atoms with Gasteiger partial charge in [0.1, 0.15) is 5.75 Å². The van der Waals surface area contributed by atoms with Crippen LogP contribution in [0.3, 0.4) is 0 Å². The molecular weight excluding hydrogens is 274 g/mol. The summed E-state index contributed by atoms with van der Waals surface area (Å²) in [4.78, 5) is 12.0. The fraction of sp³-hybridized carbons (Fsp3) is 0.286. The zero-order chi connectivity index (χ0) is 14.1. The molecule has 1 heterocycles. The molecule has 2 aromatic rings. The van der Waals surface area contributed by atoms with E-state index in [2.05, 4.69) is 15.0 Å². The van der Waals surface area contributed by atoms with Gasteiger partial charge in [0.25, 0.3) is 0 Å². The van der Waals surface area contributed by atoms with Crippen molar-refractivity contribution in [1.29, 1.82) is 0 Å². The molecule has 1 aromatic carbocycles. The molecule has 2 amide bonds. The Morgan fingerprint density at radius 1 is 1.50 bits per heavy atom. The van der Waals surface area contributed by atoms with Crippen molar-refractivity contribution in [2.45, 2.75) is 25.8 Å². The van der Waals surface area contributed by atoms with Crippen LogP contribution >= 0.6 is 11.5 Å². The van der Waals surface area contributed by atoms with Crippen LogP contribution in [0.1, 0.15) is 29.3 Å².